The maximum absolute atomic E-state index is 12.0. The van der Waals surface area contributed by atoms with Crippen LogP contribution in [0.5, 0.6) is 5.75 Å². The topological polar surface area (TPSA) is 95.5 Å². The number of phenolic OH excluding ortho intramolecular Hbond substituents is 1. The Morgan fingerprint density at radius 1 is 1.20 bits per heavy atom. The molecule has 0 unspecified atom stereocenters. The van der Waals surface area contributed by atoms with Crippen LogP contribution in [0.1, 0.15) is 32.1 Å². The zero-order valence-electron chi connectivity index (χ0n) is 11.0. The van der Waals surface area contributed by atoms with E-state index >= 15 is 0 Å². The first-order valence-corrected chi connectivity index (χ1v) is 8.08. The second-order valence-corrected chi connectivity index (χ2v) is 6.59. The van der Waals surface area contributed by atoms with Crippen LogP contribution in [-0.4, -0.2) is 25.6 Å². The number of rotatable bonds is 3. The van der Waals surface area contributed by atoms with Crippen molar-refractivity contribution in [3.8, 4) is 5.75 Å². The summed E-state index contributed by atoms with van der Waals surface area (Å²) < 4.78 is 25.9. The fourth-order valence-corrected chi connectivity index (χ4v) is 3.25. The highest BCUT2D eigenvalue weighted by molar-refractivity contribution is 7.90. The molecule has 1 aromatic carbocycles. The van der Waals surface area contributed by atoms with Crippen molar-refractivity contribution in [1.29, 1.82) is 0 Å². The van der Waals surface area contributed by atoms with E-state index in [1.165, 1.54) is 18.2 Å². The van der Waals surface area contributed by atoms with E-state index in [0.29, 0.717) is 0 Å². The third-order valence-electron chi connectivity index (χ3n) is 3.30. The minimum Gasteiger partial charge on any atom is -0.508 e. The van der Waals surface area contributed by atoms with Gasteiger partial charge in [0.25, 0.3) is 10.0 Å². The molecule has 2 amide bonds. The molecule has 1 saturated carbocycles. The van der Waals surface area contributed by atoms with Gasteiger partial charge in [0.05, 0.1) is 4.90 Å². The van der Waals surface area contributed by atoms with Crippen LogP contribution in [0.25, 0.3) is 0 Å². The van der Waals surface area contributed by atoms with Crippen molar-refractivity contribution in [2.45, 2.75) is 43.0 Å². The molecule has 1 aliphatic carbocycles. The lowest BCUT2D eigenvalue weighted by molar-refractivity contribution is 0.237. The number of aromatic hydroxyl groups is 1. The Morgan fingerprint density at radius 3 is 2.55 bits per heavy atom. The molecule has 0 radical (unpaired) electrons. The number of hydrogen-bond acceptors (Lipinski definition) is 4. The first kappa shape index (κ1) is 14.6. The largest absolute Gasteiger partial charge is 0.508 e. The molecule has 0 aromatic heterocycles. The van der Waals surface area contributed by atoms with E-state index < -0.39 is 16.1 Å². The van der Waals surface area contributed by atoms with Gasteiger partial charge in [-0.05, 0) is 25.0 Å². The zero-order valence-corrected chi connectivity index (χ0v) is 11.8. The molecule has 7 heteroatoms. The number of hydrogen-bond donors (Lipinski definition) is 3. The summed E-state index contributed by atoms with van der Waals surface area (Å²) in [5.41, 5.74) is 0. The molecule has 20 heavy (non-hydrogen) atoms. The van der Waals surface area contributed by atoms with Gasteiger partial charge >= 0.3 is 6.03 Å². The highest BCUT2D eigenvalue weighted by atomic mass is 32.2. The zero-order chi connectivity index (χ0) is 14.6. The molecule has 0 bridgehead atoms. The Morgan fingerprint density at radius 2 is 1.90 bits per heavy atom. The molecule has 1 aliphatic rings. The number of amides is 2. The van der Waals surface area contributed by atoms with Gasteiger partial charge < -0.3 is 10.4 Å². The van der Waals surface area contributed by atoms with E-state index in [2.05, 4.69) is 5.32 Å². The first-order chi connectivity index (χ1) is 9.47. The van der Waals surface area contributed by atoms with Crippen LogP contribution in [-0.2, 0) is 10.0 Å². The van der Waals surface area contributed by atoms with Crippen LogP contribution in [0.3, 0.4) is 0 Å². The van der Waals surface area contributed by atoms with Crippen LogP contribution >= 0.6 is 0 Å². The van der Waals surface area contributed by atoms with Crippen molar-refractivity contribution in [2.75, 3.05) is 0 Å². The molecule has 1 aromatic rings. The van der Waals surface area contributed by atoms with Crippen molar-refractivity contribution in [3.05, 3.63) is 24.3 Å². The minimum absolute atomic E-state index is 0.0307. The highest BCUT2D eigenvalue weighted by Crippen LogP contribution is 2.18. The predicted molar refractivity (Wildman–Crippen MR) is 73.8 cm³/mol. The number of phenols is 1. The Balaban J connectivity index is 1.99. The second-order valence-electron chi connectivity index (χ2n) is 4.91. The Hall–Kier alpha value is -1.76. The summed E-state index contributed by atoms with van der Waals surface area (Å²) in [6.45, 7) is 0. The van der Waals surface area contributed by atoms with Crippen LogP contribution in [0.4, 0.5) is 4.79 Å². The third kappa shape index (κ3) is 3.86. The summed E-state index contributed by atoms with van der Waals surface area (Å²) in [5, 5.41) is 11.9. The molecule has 0 atom stereocenters. The van der Waals surface area contributed by atoms with Crippen LogP contribution in [0, 0.1) is 0 Å². The molecule has 0 heterocycles. The van der Waals surface area contributed by atoms with E-state index in [9.17, 15) is 18.3 Å². The fourth-order valence-electron chi connectivity index (χ4n) is 2.29. The van der Waals surface area contributed by atoms with Gasteiger partial charge in [0, 0.05) is 12.1 Å². The summed E-state index contributed by atoms with van der Waals surface area (Å²) in [7, 11) is -3.95. The van der Waals surface area contributed by atoms with Gasteiger partial charge in [0.2, 0.25) is 0 Å². The number of carbonyl (C=O) groups excluding carboxylic acids is 1. The Kier molecular flexibility index (Phi) is 4.49. The monoisotopic (exact) mass is 298 g/mol. The SMILES string of the molecule is O=C(NC1CCCCC1)NS(=O)(=O)c1cccc(O)c1. The van der Waals surface area contributed by atoms with Crippen LogP contribution < -0.4 is 10.0 Å². The summed E-state index contributed by atoms with van der Waals surface area (Å²) in [4.78, 5) is 11.6. The number of carbonyl (C=O) groups is 1. The lowest BCUT2D eigenvalue weighted by Crippen LogP contribution is -2.45. The van der Waals surface area contributed by atoms with Gasteiger partial charge in [0.15, 0.2) is 0 Å². The summed E-state index contributed by atoms with van der Waals surface area (Å²) in [6.07, 6.45) is 5.00. The van der Waals surface area contributed by atoms with E-state index in [0.717, 1.165) is 38.2 Å². The number of benzene rings is 1. The molecule has 1 fully saturated rings. The standard InChI is InChI=1S/C13H18N2O4S/c16-11-7-4-8-12(9-11)20(18,19)15-13(17)14-10-5-2-1-3-6-10/h4,7-10,16H,1-3,5-6H2,(H2,14,15,17). The molecule has 2 rings (SSSR count). The quantitative estimate of drug-likeness (QED) is 0.791. The Bertz CT molecular complexity index is 580. The van der Waals surface area contributed by atoms with Crippen LogP contribution in [0.2, 0.25) is 0 Å². The summed E-state index contributed by atoms with van der Waals surface area (Å²) in [5.74, 6) is -0.166. The lowest BCUT2D eigenvalue weighted by atomic mass is 9.96. The first-order valence-electron chi connectivity index (χ1n) is 6.60. The fraction of sp³-hybridized carbons (Fsp3) is 0.462. The molecule has 6 nitrogen and oxygen atoms in total. The number of nitrogens with one attached hydrogen (secondary N) is 2. The minimum atomic E-state index is -3.95. The second kappa shape index (κ2) is 6.13. The average molecular weight is 298 g/mol. The van der Waals surface area contributed by atoms with Gasteiger partial charge in [-0.2, -0.15) is 0 Å². The lowest BCUT2D eigenvalue weighted by Gasteiger charge is -2.22. The predicted octanol–water partition coefficient (Wildman–Crippen LogP) is 1.71. The molecule has 0 aliphatic heterocycles. The summed E-state index contributed by atoms with van der Waals surface area (Å²) in [6, 6.07) is 4.49. The van der Waals surface area contributed by atoms with Gasteiger partial charge in [-0.3, -0.25) is 0 Å². The summed E-state index contributed by atoms with van der Waals surface area (Å²) >= 11 is 0. The molecular weight excluding hydrogens is 280 g/mol. The normalized spacial score (nSPS) is 16.6. The van der Waals surface area contributed by atoms with E-state index in [1.807, 2.05) is 4.72 Å². The molecule has 110 valence electrons. The van der Waals surface area contributed by atoms with E-state index in [-0.39, 0.29) is 16.7 Å². The van der Waals surface area contributed by atoms with Crippen LogP contribution in [0.15, 0.2) is 29.2 Å². The molecule has 0 spiro atoms. The maximum atomic E-state index is 12.0. The van der Waals surface area contributed by atoms with Crippen molar-refractivity contribution in [3.63, 3.8) is 0 Å². The Labute approximate surface area is 118 Å². The highest BCUT2D eigenvalue weighted by Gasteiger charge is 2.21. The van der Waals surface area contributed by atoms with Crippen molar-refractivity contribution in [2.24, 2.45) is 0 Å². The third-order valence-corrected chi connectivity index (χ3v) is 4.62. The van der Waals surface area contributed by atoms with E-state index in [4.69, 9.17) is 0 Å². The van der Waals surface area contributed by atoms with Gasteiger partial charge in [0.1, 0.15) is 5.75 Å². The van der Waals surface area contributed by atoms with Gasteiger partial charge in [-0.15, -0.1) is 0 Å². The average Bonchev–Trinajstić information content (AvgIpc) is 2.39. The number of sulfonamides is 1. The molecular formula is C13H18N2O4S. The molecule has 3 N–H and O–H groups in total. The molecule has 0 saturated heterocycles. The van der Waals surface area contributed by atoms with Crippen molar-refractivity contribution in [1.82, 2.24) is 10.0 Å². The van der Waals surface area contributed by atoms with E-state index in [1.54, 1.807) is 0 Å². The number of urea groups is 1. The van der Waals surface area contributed by atoms with Crippen molar-refractivity contribution < 1.29 is 18.3 Å². The maximum Gasteiger partial charge on any atom is 0.328 e. The van der Waals surface area contributed by atoms with Gasteiger partial charge in [-0.1, -0.05) is 25.3 Å². The van der Waals surface area contributed by atoms with Gasteiger partial charge in [-0.25, -0.2) is 17.9 Å². The van der Waals surface area contributed by atoms with Crippen molar-refractivity contribution >= 4 is 16.1 Å². The smallest absolute Gasteiger partial charge is 0.328 e.